The van der Waals surface area contributed by atoms with E-state index in [9.17, 15) is 9.59 Å². The second kappa shape index (κ2) is 6.11. The minimum atomic E-state index is -0.536. The van der Waals surface area contributed by atoms with E-state index in [4.69, 9.17) is 9.47 Å². The first-order valence-corrected chi connectivity index (χ1v) is 7.29. The Morgan fingerprint density at radius 3 is 1.18 bits per heavy atom. The van der Waals surface area contributed by atoms with Gasteiger partial charge in [-0.25, -0.2) is 9.59 Å². The maximum atomic E-state index is 12.1. The van der Waals surface area contributed by atoms with E-state index in [1.807, 2.05) is 0 Å². The van der Waals surface area contributed by atoms with Crippen LogP contribution >= 0.6 is 0 Å². The summed E-state index contributed by atoms with van der Waals surface area (Å²) in [6, 6.07) is 3.53. The lowest BCUT2D eigenvalue weighted by Crippen LogP contribution is -2.25. The van der Waals surface area contributed by atoms with Gasteiger partial charge in [0.2, 0.25) is 0 Å². The van der Waals surface area contributed by atoms with Crippen LogP contribution in [0.1, 0.15) is 73.4 Å². The quantitative estimate of drug-likeness (QED) is 0.779. The molecule has 0 radical (unpaired) electrons. The molecule has 0 spiro atoms. The number of methoxy groups -OCH3 is 2. The molecule has 0 aliphatic heterocycles. The van der Waals surface area contributed by atoms with Crippen molar-refractivity contribution in [3.05, 3.63) is 34.4 Å². The van der Waals surface area contributed by atoms with Crippen LogP contribution in [0, 0.1) is 0 Å². The van der Waals surface area contributed by atoms with E-state index in [-0.39, 0.29) is 22.0 Å². The summed E-state index contributed by atoms with van der Waals surface area (Å²) >= 11 is 0. The molecule has 4 nitrogen and oxygen atoms in total. The number of ether oxygens (including phenoxy) is 2. The Balaban J connectivity index is 3.80. The van der Waals surface area contributed by atoms with Crippen molar-refractivity contribution in [3.8, 4) is 0 Å². The Bertz CT molecular complexity index is 533. The molecule has 0 saturated heterocycles. The van der Waals surface area contributed by atoms with Gasteiger partial charge in [0.1, 0.15) is 0 Å². The molecule has 0 bridgehead atoms. The summed E-state index contributed by atoms with van der Waals surface area (Å²) in [4.78, 5) is 24.1. The number of hydrogen-bond donors (Lipinski definition) is 0. The van der Waals surface area contributed by atoms with Gasteiger partial charge in [0.15, 0.2) is 0 Å². The zero-order valence-corrected chi connectivity index (χ0v) is 14.8. The van der Waals surface area contributed by atoms with Crippen LogP contribution in [0.2, 0.25) is 0 Å². The topological polar surface area (TPSA) is 52.6 Å². The van der Waals surface area contributed by atoms with Gasteiger partial charge in [0, 0.05) is 0 Å². The normalized spacial score (nSPS) is 12.0. The first-order valence-electron chi connectivity index (χ1n) is 7.29. The average Bonchev–Trinajstić information content (AvgIpc) is 2.42. The molecule has 0 aliphatic carbocycles. The molecule has 1 rings (SSSR count). The van der Waals surface area contributed by atoms with E-state index in [1.165, 1.54) is 14.2 Å². The van der Waals surface area contributed by atoms with E-state index >= 15 is 0 Å². The van der Waals surface area contributed by atoms with Gasteiger partial charge in [0.25, 0.3) is 0 Å². The largest absolute Gasteiger partial charge is 0.465 e. The van der Waals surface area contributed by atoms with Gasteiger partial charge in [-0.2, -0.15) is 0 Å². The Labute approximate surface area is 132 Å². The van der Waals surface area contributed by atoms with E-state index in [0.717, 1.165) is 11.1 Å². The summed E-state index contributed by atoms with van der Waals surface area (Å²) in [5, 5.41) is 0. The van der Waals surface area contributed by atoms with E-state index < -0.39 is 11.9 Å². The van der Waals surface area contributed by atoms with Crippen LogP contribution in [0.15, 0.2) is 12.1 Å². The number of esters is 2. The van der Waals surface area contributed by atoms with Crippen molar-refractivity contribution in [3.63, 3.8) is 0 Å². The third-order valence-electron chi connectivity index (χ3n) is 3.58. The second-order valence-electron chi connectivity index (χ2n) is 7.43. The minimum Gasteiger partial charge on any atom is -0.465 e. The summed E-state index contributed by atoms with van der Waals surface area (Å²) in [6.45, 7) is 12.5. The van der Waals surface area contributed by atoms with Crippen LogP contribution in [0.3, 0.4) is 0 Å². The molecule has 4 heteroatoms. The molecule has 1 aromatic rings. The van der Waals surface area contributed by atoms with Gasteiger partial charge in [-0.3, -0.25) is 0 Å². The molecule has 1 aromatic carbocycles. The Hall–Kier alpha value is -1.84. The monoisotopic (exact) mass is 306 g/mol. The Morgan fingerprint density at radius 2 is 1.00 bits per heavy atom. The summed E-state index contributed by atoms with van der Waals surface area (Å²) in [7, 11) is 2.61. The molecular weight excluding hydrogens is 280 g/mol. The Kier molecular flexibility index (Phi) is 5.06. The highest BCUT2D eigenvalue weighted by Crippen LogP contribution is 2.36. The average molecular weight is 306 g/mol. The minimum absolute atomic E-state index is 0.167. The molecule has 0 fully saturated rings. The third kappa shape index (κ3) is 3.67. The lowest BCUT2D eigenvalue weighted by Gasteiger charge is -2.31. The summed E-state index contributed by atoms with van der Waals surface area (Å²) in [6.07, 6.45) is 0. The molecule has 0 N–H and O–H groups in total. The van der Waals surface area contributed by atoms with Crippen molar-refractivity contribution in [2.24, 2.45) is 0 Å². The van der Waals surface area contributed by atoms with Gasteiger partial charge in [-0.05, 0) is 34.1 Å². The van der Waals surface area contributed by atoms with E-state index in [1.54, 1.807) is 12.1 Å². The smallest absolute Gasteiger partial charge is 0.338 e. The van der Waals surface area contributed by atoms with Gasteiger partial charge >= 0.3 is 11.9 Å². The number of hydrogen-bond acceptors (Lipinski definition) is 4. The van der Waals surface area contributed by atoms with Crippen molar-refractivity contribution in [2.45, 2.75) is 52.4 Å². The van der Waals surface area contributed by atoms with Gasteiger partial charge in [0.05, 0.1) is 25.3 Å². The Morgan fingerprint density at radius 1 is 0.727 bits per heavy atom. The fourth-order valence-electron chi connectivity index (χ4n) is 2.40. The highest BCUT2D eigenvalue weighted by molar-refractivity contribution is 6.03. The van der Waals surface area contributed by atoms with E-state index in [0.29, 0.717) is 0 Å². The standard InChI is InChI=1S/C18H26O4/c1-17(2,3)13-9-11(15(19)21-7)12(16(20)22-8)10-14(13)18(4,5)6/h9-10H,1-8H3. The van der Waals surface area contributed by atoms with Crippen molar-refractivity contribution < 1.29 is 19.1 Å². The first kappa shape index (κ1) is 18.2. The zero-order chi connectivity index (χ0) is 17.3. The highest BCUT2D eigenvalue weighted by Gasteiger charge is 2.30. The van der Waals surface area contributed by atoms with Crippen LogP contribution in [-0.2, 0) is 20.3 Å². The van der Waals surface area contributed by atoms with Crippen molar-refractivity contribution in [1.82, 2.24) is 0 Å². The first-order chi connectivity index (χ1) is 9.93. The molecule has 0 amide bonds. The summed E-state index contributed by atoms with van der Waals surface area (Å²) in [5.41, 5.74) is 2.20. The fraction of sp³-hybridized carbons (Fsp3) is 0.556. The number of carbonyl (C=O) groups excluding carboxylic acids is 2. The SMILES string of the molecule is COC(=O)c1cc(C(C)(C)C)c(C(C)(C)C)cc1C(=O)OC. The lowest BCUT2D eigenvalue weighted by molar-refractivity contribution is 0.0555. The fourth-order valence-corrected chi connectivity index (χ4v) is 2.40. The molecule has 22 heavy (non-hydrogen) atoms. The molecule has 0 aliphatic rings. The van der Waals surface area contributed by atoms with Gasteiger partial charge in [-0.1, -0.05) is 41.5 Å². The van der Waals surface area contributed by atoms with Crippen LogP contribution in [0.25, 0.3) is 0 Å². The molecular formula is C18H26O4. The molecule has 0 unspecified atom stereocenters. The second-order valence-corrected chi connectivity index (χ2v) is 7.43. The van der Waals surface area contributed by atoms with Crippen LogP contribution < -0.4 is 0 Å². The van der Waals surface area contributed by atoms with Crippen LogP contribution in [0.4, 0.5) is 0 Å². The number of benzene rings is 1. The van der Waals surface area contributed by atoms with Gasteiger partial charge < -0.3 is 9.47 Å². The molecule has 0 aromatic heterocycles. The molecule has 0 saturated carbocycles. The highest BCUT2D eigenvalue weighted by atomic mass is 16.5. The third-order valence-corrected chi connectivity index (χ3v) is 3.58. The molecule has 0 atom stereocenters. The van der Waals surface area contributed by atoms with Crippen LogP contribution in [-0.4, -0.2) is 26.2 Å². The molecule has 0 heterocycles. The maximum Gasteiger partial charge on any atom is 0.338 e. The van der Waals surface area contributed by atoms with E-state index in [2.05, 4.69) is 41.5 Å². The van der Waals surface area contributed by atoms with Crippen molar-refractivity contribution in [1.29, 1.82) is 0 Å². The summed E-state index contributed by atoms with van der Waals surface area (Å²) in [5.74, 6) is -1.07. The van der Waals surface area contributed by atoms with Crippen molar-refractivity contribution in [2.75, 3.05) is 14.2 Å². The number of carbonyl (C=O) groups is 2. The van der Waals surface area contributed by atoms with Crippen LogP contribution in [0.5, 0.6) is 0 Å². The van der Waals surface area contributed by atoms with Crippen molar-refractivity contribution >= 4 is 11.9 Å². The van der Waals surface area contributed by atoms with Gasteiger partial charge in [-0.15, -0.1) is 0 Å². The summed E-state index contributed by atoms with van der Waals surface area (Å²) < 4.78 is 9.64. The maximum absolute atomic E-state index is 12.1. The lowest BCUT2D eigenvalue weighted by atomic mass is 9.73. The number of rotatable bonds is 2. The predicted molar refractivity (Wildman–Crippen MR) is 86.5 cm³/mol. The predicted octanol–water partition coefficient (Wildman–Crippen LogP) is 3.85. The zero-order valence-electron chi connectivity index (χ0n) is 14.8. The molecule has 122 valence electrons.